The van der Waals surface area contributed by atoms with Gasteiger partial charge in [-0.3, -0.25) is 9.78 Å². The molecule has 3 heterocycles. The average Bonchev–Trinajstić information content (AvgIpc) is 3.23. The van der Waals surface area contributed by atoms with Gasteiger partial charge in [0.15, 0.2) is 0 Å². The molecular formula is C19H16FN3OS. The van der Waals surface area contributed by atoms with Crippen LogP contribution in [0.25, 0.3) is 0 Å². The minimum absolute atomic E-state index is 0.0663. The van der Waals surface area contributed by atoms with Crippen LogP contribution in [0.4, 0.5) is 10.1 Å². The highest BCUT2D eigenvalue weighted by Crippen LogP contribution is 2.30. The van der Waals surface area contributed by atoms with Gasteiger partial charge in [-0.05, 0) is 30.2 Å². The van der Waals surface area contributed by atoms with E-state index < -0.39 is 0 Å². The summed E-state index contributed by atoms with van der Waals surface area (Å²) < 4.78 is 13.8. The van der Waals surface area contributed by atoms with Gasteiger partial charge < -0.3 is 4.90 Å². The number of hydrogen-bond donors (Lipinski definition) is 0. The fourth-order valence-corrected chi connectivity index (χ4v) is 3.88. The number of pyridine rings is 1. The maximum atomic E-state index is 13.8. The Hall–Kier alpha value is -2.60. The summed E-state index contributed by atoms with van der Waals surface area (Å²) in [6, 6.07) is 8.63. The molecule has 0 spiro atoms. The van der Waals surface area contributed by atoms with Gasteiger partial charge in [0.2, 0.25) is 0 Å². The second-order valence-corrected chi connectivity index (χ2v) is 7.19. The first-order valence-electron chi connectivity index (χ1n) is 8.07. The first-order valence-corrected chi connectivity index (χ1v) is 8.89. The van der Waals surface area contributed by atoms with Gasteiger partial charge in [-0.25, -0.2) is 9.37 Å². The predicted molar refractivity (Wildman–Crippen MR) is 95.7 cm³/mol. The molecule has 0 atom stereocenters. The van der Waals surface area contributed by atoms with E-state index in [2.05, 4.69) is 9.97 Å². The Morgan fingerprint density at radius 3 is 2.96 bits per heavy atom. The molecule has 25 heavy (non-hydrogen) atoms. The summed E-state index contributed by atoms with van der Waals surface area (Å²) >= 11 is 1.32. The van der Waals surface area contributed by atoms with Crippen molar-refractivity contribution in [1.29, 1.82) is 0 Å². The molecule has 3 aromatic rings. The Kier molecular flexibility index (Phi) is 4.05. The van der Waals surface area contributed by atoms with Crippen molar-refractivity contribution in [1.82, 2.24) is 9.97 Å². The lowest BCUT2D eigenvalue weighted by Gasteiger charge is -2.15. The van der Waals surface area contributed by atoms with Crippen molar-refractivity contribution >= 4 is 22.9 Å². The number of halogens is 1. The molecule has 1 aliphatic heterocycles. The lowest BCUT2D eigenvalue weighted by atomic mass is 10.1. The molecule has 0 N–H and O–H groups in total. The van der Waals surface area contributed by atoms with E-state index in [0.717, 1.165) is 28.4 Å². The van der Waals surface area contributed by atoms with Crippen molar-refractivity contribution in [3.63, 3.8) is 0 Å². The van der Waals surface area contributed by atoms with Gasteiger partial charge in [-0.2, -0.15) is 0 Å². The molecule has 0 bridgehead atoms. The summed E-state index contributed by atoms with van der Waals surface area (Å²) in [5, 5.41) is 0.732. The van der Waals surface area contributed by atoms with Crippen LogP contribution in [0.5, 0.6) is 0 Å². The smallest absolute Gasteiger partial charge is 0.270 e. The molecule has 6 heteroatoms. The van der Waals surface area contributed by atoms with Gasteiger partial charge in [0, 0.05) is 25.6 Å². The Morgan fingerprint density at radius 1 is 1.28 bits per heavy atom. The fourth-order valence-electron chi connectivity index (χ4n) is 2.99. The predicted octanol–water partition coefficient (Wildman–Crippen LogP) is 3.78. The zero-order valence-electron chi connectivity index (χ0n) is 13.7. The van der Waals surface area contributed by atoms with E-state index in [1.54, 1.807) is 29.3 Å². The number of anilines is 1. The molecule has 0 aliphatic carbocycles. The van der Waals surface area contributed by atoms with E-state index in [-0.39, 0.29) is 11.7 Å². The second-order valence-electron chi connectivity index (χ2n) is 6.07. The minimum Gasteiger partial charge on any atom is -0.305 e. The highest BCUT2D eigenvalue weighted by molar-refractivity contribution is 7.13. The van der Waals surface area contributed by atoms with Gasteiger partial charge in [0.25, 0.3) is 5.91 Å². The van der Waals surface area contributed by atoms with Crippen molar-refractivity contribution in [3.8, 4) is 0 Å². The first-order chi connectivity index (χ1) is 12.1. The van der Waals surface area contributed by atoms with Gasteiger partial charge in [0.05, 0.1) is 22.6 Å². The average molecular weight is 353 g/mol. The third-order valence-electron chi connectivity index (χ3n) is 4.26. The summed E-state index contributed by atoms with van der Waals surface area (Å²) in [6.45, 7) is 2.60. The van der Waals surface area contributed by atoms with Crippen LogP contribution in [-0.4, -0.2) is 22.4 Å². The number of carbonyl (C=O) groups is 1. The van der Waals surface area contributed by atoms with E-state index >= 15 is 0 Å². The van der Waals surface area contributed by atoms with Crippen molar-refractivity contribution in [2.75, 3.05) is 11.4 Å². The molecule has 126 valence electrons. The number of fused-ring (bicyclic) bond motifs is 1. The summed E-state index contributed by atoms with van der Waals surface area (Å²) in [6.07, 6.45) is 4.57. The molecule has 0 saturated heterocycles. The van der Waals surface area contributed by atoms with E-state index in [1.165, 1.54) is 17.4 Å². The topological polar surface area (TPSA) is 46.1 Å². The zero-order chi connectivity index (χ0) is 17.4. The summed E-state index contributed by atoms with van der Waals surface area (Å²) in [5.41, 5.74) is 3.45. The van der Waals surface area contributed by atoms with Gasteiger partial charge in [0.1, 0.15) is 10.7 Å². The highest BCUT2D eigenvalue weighted by Gasteiger charge is 2.28. The highest BCUT2D eigenvalue weighted by atomic mass is 32.1. The summed E-state index contributed by atoms with van der Waals surface area (Å²) in [5.74, 6) is -0.316. The maximum absolute atomic E-state index is 13.8. The number of nitrogens with zero attached hydrogens (tertiary/aromatic N) is 3. The van der Waals surface area contributed by atoms with Crippen LogP contribution in [0, 0.1) is 12.7 Å². The molecule has 1 amide bonds. The standard InChI is InChI=1S/C19H16FN3OS/c1-12-8-16-15(21-10-12)6-7-23(16)19(24)17-11-22-18(25-17)9-13-4-2-3-5-14(13)20/h2-5,8,10-11H,6-7,9H2,1H3. The van der Waals surface area contributed by atoms with Crippen molar-refractivity contribution in [3.05, 3.63) is 75.2 Å². The molecule has 1 aliphatic rings. The quantitative estimate of drug-likeness (QED) is 0.720. The van der Waals surface area contributed by atoms with Crippen molar-refractivity contribution in [2.24, 2.45) is 0 Å². The fraction of sp³-hybridized carbons (Fsp3) is 0.211. The van der Waals surface area contributed by atoms with Gasteiger partial charge in [-0.15, -0.1) is 11.3 Å². The molecule has 4 rings (SSSR count). The zero-order valence-corrected chi connectivity index (χ0v) is 14.5. The lowest BCUT2D eigenvalue weighted by Crippen LogP contribution is -2.28. The number of rotatable bonds is 3. The van der Waals surface area contributed by atoms with E-state index in [0.29, 0.717) is 23.4 Å². The Bertz CT molecular complexity index is 953. The molecule has 4 nitrogen and oxygen atoms in total. The van der Waals surface area contributed by atoms with Crippen LogP contribution >= 0.6 is 11.3 Å². The van der Waals surface area contributed by atoms with Crippen LogP contribution in [0.1, 0.15) is 31.5 Å². The number of aromatic nitrogens is 2. The molecule has 0 radical (unpaired) electrons. The van der Waals surface area contributed by atoms with Crippen LogP contribution < -0.4 is 4.90 Å². The normalized spacial score (nSPS) is 13.1. The van der Waals surface area contributed by atoms with E-state index in [9.17, 15) is 9.18 Å². The SMILES string of the molecule is Cc1cnc2c(c1)N(C(=O)c1cnc(Cc3ccccc3F)s1)CC2. The second kappa shape index (κ2) is 6.37. The number of aryl methyl sites for hydroxylation is 1. The van der Waals surface area contributed by atoms with Crippen LogP contribution in [0.2, 0.25) is 0 Å². The van der Waals surface area contributed by atoms with Crippen molar-refractivity contribution in [2.45, 2.75) is 19.8 Å². The molecule has 1 aromatic carbocycles. The number of amides is 1. The largest absolute Gasteiger partial charge is 0.305 e. The number of carbonyl (C=O) groups excluding carboxylic acids is 1. The first kappa shape index (κ1) is 15.9. The number of benzene rings is 1. The van der Waals surface area contributed by atoms with Crippen LogP contribution in [0.15, 0.2) is 42.7 Å². The number of hydrogen-bond acceptors (Lipinski definition) is 4. The molecule has 0 saturated carbocycles. The molecule has 0 unspecified atom stereocenters. The summed E-state index contributed by atoms with van der Waals surface area (Å²) in [4.78, 5) is 23.9. The third-order valence-corrected chi connectivity index (χ3v) is 5.24. The summed E-state index contributed by atoms with van der Waals surface area (Å²) in [7, 11) is 0. The third kappa shape index (κ3) is 3.05. The monoisotopic (exact) mass is 353 g/mol. The minimum atomic E-state index is -0.249. The van der Waals surface area contributed by atoms with Gasteiger partial charge >= 0.3 is 0 Å². The Morgan fingerprint density at radius 2 is 2.12 bits per heavy atom. The van der Waals surface area contributed by atoms with Gasteiger partial charge in [-0.1, -0.05) is 18.2 Å². The Labute approximate surface area is 149 Å². The van der Waals surface area contributed by atoms with Crippen LogP contribution in [0.3, 0.4) is 0 Å². The lowest BCUT2D eigenvalue weighted by molar-refractivity contribution is 0.0993. The molecule has 2 aromatic heterocycles. The van der Waals surface area contributed by atoms with Crippen molar-refractivity contribution < 1.29 is 9.18 Å². The maximum Gasteiger partial charge on any atom is 0.270 e. The van der Waals surface area contributed by atoms with E-state index in [1.807, 2.05) is 19.2 Å². The van der Waals surface area contributed by atoms with E-state index in [4.69, 9.17) is 0 Å². The Balaban J connectivity index is 1.56. The van der Waals surface area contributed by atoms with Crippen LogP contribution in [-0.2, 0) is 12.8 Å². The molecular weight excluding hydrogens is 337 g/mol. The molecule has 0 fully saturated rings. The number of thiazole rings is 1.